The van der Waals surface area contributed by atoms with Crippen molar-refractivity contribution in [3.8, 4) is 0 Å². The summed E-state index contributed by atoms with van der Waals surface area (Å²) >= 11 is 0. The van der Waals surface area contributed by atoms with Crippen molar-refractivity contribution in [2.45, 2.75) is 33.1 Å². The van der Waals surface area contributed by atoms with Gasteiger partial charge in [0.05, 0.1) is 0 Å². The Balaban J connectivity index is 1.99. The van der Waals surface area contributed by atoms with Gasteiger partial charge < -0.3 is 0 Å². The molecule has 0 spiro atoms. The second kappa shape index (κ2) is 3.87. The van der Waals surface area contributed by atoms with Gasteiger partial charge in [-0.05, 0) is 45.2 Å². The number of anilines is 1. The summed E-state index contributed by atoms with van der Waals surface area (Å²) in [5, 5.41) is 0. The first kappa shape index (κ1) is 10.3. The normalized spacial score (nSPS) is 13.8. The van der Waals surface area contributed by atoms with E-state index in [2.05, 4.69) is 46.1 Å². The number of fused-ring (bicyclic) bond motifs is 1. The van der Waals surface area contributed by atoms with Crippen LogP contribution in [0, 0.1) is 13.8 Å². The van der Waals surface area contributed by atoms with Crippen molar-refractivity contribution in [2.24, 2.45) is 0 Å². The van der Waals surface area contributed by atoms with Gasteiger partial charge in [0.2, 0.25) is 0 Å². The van der Waals surface area contributed by atoms with Crippen molar-refractivity contribution in [2.75, 3.05) is 5.43 Å². The number of hydrogen-bond donors (Lipinski definition) is 1. The van der Waals surface area contributed by atoms with Crippen LogP contribution in [0.4, 0.5) is 5.82 Å². The smallest absolute Gasteiger partial charge is 0.151 e. The Hall–Kier alpha value is -1.84. The van der Waals surface area contributed by atoms with Crippen molar-refractivity contribution < 1.29 is 0 Å². The molecule has 0 fully saturated rings. The Labute approximate surface area is 101 Å². The third-order valence-electron chi connectivity index (χ3n) is 3.36. The van der Waals surface area contributed by atoms with E-state index < -0.39 is 0 Å². The van der Waals surface area contributed by atoms with Crippen LogP contribution >= 0.6 is 0 Å². The van der Waals surface area contributed by atoms with Crippen LogP contribution in [-0.2, 0) is 12.8 Å². The lowest BCUT2D eigenvalue weighted by Crippen LogP contribution is -2.15. The fourth-order valence-corrected chi connectivity index (χ4v) is 2.41. The molecule has 88 valence electrons. The van der Waals surface area contributed by atoms with Crippen LogP contribution in [0.2, 0.25) is 0 Å². The standard InChI is InChI=1S/C13H16N4/c1-9-6-7-10(2)17(9)16-13-11-4-3-5-12(11)14-8-15-13/h6-8H,3-5H2,1-2H3,(H,14,15,16). The van der Waals surface area contributed by atoms with E-state index in [4.69, 9.17) is 0 Å². The fourth-order valence-electron chi connectivity index (χ4n) is 2.41. The van der Waals surface area contributed by atoms with Gasteiger partial charge in [-0.2, -0.15) is 0 Å². The van der Waals surface area contributed by atoms with Crippen LogP contribution < -0.4 is 5.43 Å². The van der Waals surface area contributed by atoms with Crippen LogP contribution in [0.1, 0.15) is 29.1 Å². The Morgan fingerprint density at radius 2 is 1.88 bits per heavy atom. The van der Waals surface area contributed by atoms with Gasteiger partial charge in [0, 0.05) is 22.6 Å². The highest BCUT2D eigenvalue weighted by Gasteiger charge is 2.17. The lowest BCUT2D eigenvalue weighted by Gasteiger charge is -2.14. The highest BCUT2D eigenvalue weighted by Crippen LogP contribution is 2.25. The molecule has 3 rings (SSSR count). The van der Waals surface area contributed by atoms with Crippen molar-refractivity contribution in [1.82, 2.24) is 14.6 Å². The summed E-state index contributed by atoms with van der Waals surface area (Å²) in [7, 11) is 0. The Morgan fingerprint density at radius 1 is 1.12 bits per heavy atom. The van der Waals surface area contributed by atoms with E-state index in [-0.39, 0.29) is 0 Å². The van der Waals surface area contributed by atoms with E-state index in [1.807, 2.05) is 0 Å². The first-order valence-electron chi connectivity index (χ1n) is 6.00. The lowest BCUT2D eigenvalue weighted by molar-refractivity contribution is 0.859. The monoisotopic (exact) mass is 228 g/mol. The zero-order valence-electron chi connectivity index (χ0n) is 10.2. The summed E-state index contributed by atoms with van der Waals surface area (Å²) < 4.78 is 2.07. The predicted molar refractivity (Wildman–Crippen MR) is 67.0 cm³/mol. The first-order chi connectivity index (χ1) is 8.25. The SMILES string of the molecule is Cc1ccc(C)n1Nc1ncnc2c1CCC2. The van der Waals surface area contributed by atoms with Crippen LogP contribution in [0.25, 0.3) is 0 Å². The Morgan fingerprint density at radius 3 is 2.65 bits per heavy atom. The predicted octanol–water partition coefficient (Wildman–Crippen LogP) is 2.26. The van der Waals surface area contributed by atoms with E-state index in [1.54, 1.807) is 6.33 Å². The van der Waals surface area contributed by atoms with Gasteiger partial charge >= 0.3 is 0 Å². The molecule has 1 aliphatic carbocycles. The summed E-state index contributed by atoms with van der Waals surface area (Å²) in [5.74, 6) is 0.954. The average molecular weight is 228 g/mol. The second-order valence-electron chi connectivity index (χ2n) is 4.56. The molecule has 2 aromatic heterocycles. The highest BCUT2D eigenvalue weighted by molar-refractivity contribution is 5.48. The molecule has 4 nitrogen and oxygen atoms in total. The quantitative estimate of drug-likeness (QED) is 0.857. The van der Waals surface area contributed by atoms with Gasteiger partial charge in [-0.3, -0.25) is 10.1 Å². The molecule has 0 aliphatic heterocycles. The molecule has 0 atom stereocenters. The van der Waals surface area contributed by atoms with Gasteiger partial charge in [-0.15, -0.1) is 0 Å². The average Bonchev–Trinajstić information content (AvgIpc) is 2.91. The van der Waals surface area contributed by atoms with Crippen LogP contribution in [0.3, 0.4) is 0 Å². The number of aromatic nitrogens is 3. The topological polar surface area (TPSA) is 42.7 Å². The largest absolute Gasteiger partial charge is 0.277 e. The van der Waals surface area contributed by atoms with Crippen molar-refractivity contribution in [3.63, 3.8) is 0 Å². The maximum Gasteiger partial charge on any atom is 0.151 e. The number of rotatable bonds is 2. The molecular formula is C13H16N4. The zero-order valence-corrected chi connectivity index (χ0v) is 10.2. The molecule has 0 saturated carbocycles. The number of aryl methyl sites for hydroxylation is 3. The molecule has 1 N–H and O–H groups in total. The zero-order chi connectivity index (χ0) is 11.8. The number of hydrogen-bond acceptors (Lipinski definition) is 3. The van der Waals surface area contributed by atoms with E-state index in [9.17, 15) is 0 Å². The minimum absolute atomic E-state index is 0.954. The van der Waals surface area contributed by atoms with Gasteiger partial charge in [0.15, 0.2) is 5.82 Å². The molecule has 2 aromatic rings. The van der Waals surface area contributed by atoms with Crippen molar-refractivity contribution >= 4 is 5.82 Å². The molecule has 2 heterocycles. The van der Waals surface area contributed by atoms with Crippen molar-refractivity contribution in [3.05, 3.63) is 41.1 Å². The van der Waals surface area contributed by atoms with Gasteiger partial charge in [0.1, 0.15) is 6.33 Å². The maximum atomic E-state index is 4.36. The summed E-state index contributed by atoms with van der Waals surface area (Å²) in [6.45, 7) is 4.17. The summed E-state index contributed by atoms with van der Waals surface area (Å²) in [4.78, 5) is 8.70. The molecule has 0 aromatic carbocycles. The van der Waals surface area contributed by atoms with E-state index in [0.717, 1.165) is 18.7 Å². The molecular weight excluding hydrogens is 212 g/mol. The molecule has 0 radical (unpaired) electrons. The summed E-state index contributed by atoms with van der Waals surface area (Å²) in [5.41, 5.74) is 8.24. The summed E-state index contributed by atoms with van der Waals surface area (Å²) in [6, 6.07) is 4.20. The second-order valence-corrected chi connectivity index (χ2v) is 4.56. The fraction of sp³-hybridized carbons (Fsp3) is 0.385. The summed E-state index contributed by atoms with van der Waals surface area (Å²) in [6.07, 6.45) is 5.00. The minimum Gasteiger partial charge on any atom is -0.277 e. The maximum absolute atomic E-state index is 4.36. The molecule has 0 bridgehead atoms. The van der Waals surface area contributed by atoms with Crippen molar-refractivity contribution in [1.29, 1.82) is 0 Å². The minimum atomic E-state index is 0.954. The van der Waals surface area contributed by atoms with Gasteiger partial charge in [-0.1, -0.05) is 0 Å². The third kappa shape index (κ3) is 1.69. The first-order valence-corrected chi connectivity index (χ1v) is 6.00. The van der Waals surface area contributed by atoms with Crippen LogP contribution in [0.5, 0.6) is 0 Å². The molecule has 0 unspecified atom stereocenters. The molecule has 1 aliphatic rings. The Bertz CT molecular complexity index is 537. The number of nitrogens with one attached hydrogen (secondary N) is 1. The third-order valence-corrected chi connectivity index (χ3v) is 3.36. The van der Waals surface area contributed by atoms with Gasteiger partial charge in [0.25, 0.3) is 0 Å². The molecule has 0 amide bonds. The molecule has 17 heavy (non-hydrogen) atoms. The van der Waals surface area contributed by atoms with Crippen LogP contribution in [-0.4, -0.2) is 14.6 Å². The van der Waals surface area contributed by atoms with Crippen LogP contribution in [0.15, 0.2) is 18.5 Å². The highest BCUT2D eigenvalue weighted by atomic mass is 15.4. The lowest BCUT2D eigenvalue weighted by atomic mass is 10.2. The number of nitrogens with zero attached hydrogens (tertiary/aromatic N) is 3. The van der Waals surface area contributed by atoms with Gasteiger partial charge in [-0.25, -0.2) is 9.97 Å². The van der Waals surface area contributed by atoms with E-state index in [1.165, 1.54) is 29.1 Å². The molecule has 4 heteroatoms. The van der Waals surface area contributed by atoms with E-state index in [0.29, 0.717) is 0 Å². The van der Waals surface area contributed by atoms with E-state index >= 15 is 0 Å². The Kier molecular flexibility index (Phi) is 2.35. The molecule has 0 saturated heterocycles.